The highest BCUT2D eigenvalue weighted by Gasteiger charge is 2.14. The van der Waals surface area contributed by atoms with Gasteiger partial charge in [-0.2, -0.15) is 4.52 Å². The van der Waals surface area contributed by atoms with Gasteiger partial charge >= 0.3 is 0 Å². The Labute approximate surface area is 168 Å². The SMILES string of the molecule is CC[C@@H](C)NC(=O)CCc1nnc2ccc(NCc3ccc4c(c3)OCO4)nn12. The molecule has 1 aliphatic heterocycles. The molecule has 0 saturated carbocycles. The Morgan fingerprint density at radius 1 is 1.21 bits per heavy atom. The minimum atomic E-state index is 0.00758. The van der Waals surface area contributed by atoms with Crippen LogP contribution in [0.15, 0.2) is 30.3 Å². The number of carbonyl (C=O) groups is 1. The van der Waals surface area contributed by atoms with Gasteiger partial charge in [0, 0.05) is 25.4 Å². The van der Waals surface area contributed by atoms with Crippen LogP contribution in [0.2, 0.25) is 0 Å². The molecule has 3 heterocycles. The molecule has 4 rings (SSSR count). The Balaban J connectivity index is 1.40. The van der Waals surface area contributed by atoms with Crippen molar-refractivity contribution in [2.75, 3.05) is 12.1 Å². The van der Waals surface area contributed by atoms with Crippen molar-refractivity contribution in [3.63, 3.8) is 0 Å². The van der Waals surface area contributed by atoms with Crippen molar-refractivity contribution < 1.29 is 14.3 Å². The number of hydrogen-bond donors (Lipinski definition) is 2. The average molecular weight is 396 g/mol. The van der Waals surface area contributed by atoms with Crippen LogP contribution in [-0.4, -0.2) is 38.6 Å². The fourth-order valence-corrected chi connectivity index (χ4v) is 3.00. The van der Waals surface area contributed by atoms with Gasteiger partial charge in [-0.15, -0.1) is 15.3 Å². The molecule has 29 heavy (non-hydrogen) atoms. The summed E-state index contributed by atoms with van der Waals surface area (Å²) in [6.45, 7) is 4.88. The van der Waals surface area contributed by atoms with Crippen molar-refractivity contribution in [2.24, 2.45) is 0 Å². The van der Waals surface area contributed by atoms with Gasteiger partial charge in [-0.05, 0) is 43.2 Å². The molecule has 0 fully saturated rings. The van der Waals surface area contributed by atoms with E-state index in [9.17, 15) is 4.79 Å². The first kappa shape index (κ1) is 19.0. The van der Waals surface area contributed by atoms with Crippen LogP contribution in [-0.2, 0) is 17.8 Å². The third kappa shape index (κ3) is 4.39. The lowest BCUT2D eigenvalue weighted by atomic mass is 10.2. The molecule has 1 amide bonds. The molecule has 1 aliphatic rings. The predicted octanol–water partition coefficient (Wildman–Crippen LogP) is 2.31. The number of hydrogen-bond acceptors (Lipinski definition) is 7. The zero-order chi connectivity index (χ0) is 20.2. The molecule has 0 radical (unpaired) electrons. The van der Waals surface area contributed by atoms with E-state index in [1.165, 1.54) is 0 Å². The number of aryl methyl sites for hydroxylation is 1. The number of aromatic nitrogens is 4. The summed E-state index contributed by atoms with van der Waals surface area (Å²) in [7, 11) is 0. The van der Waals surface area contributed by atoms with Crippen LogP contribution >= 0.6 is 0 Å². The van der Waals surface area contributed by atoms with Gasteiger partial charge in [-0.25, -0.2) is 0 Å². The Morgan fingerprint density at radius 3 is 2.93 bits per heavy atom. The Morgan fingerprint density at radius 2 is 2.07 bits per heavy atom. The summed E-state index contributed by atoms with van der Waals surface area (Å²) in [4.78, 5) is 12.0. The van der Waals surface area contributed by atoms with Crippen LogP contribution in [0.5, 0.6) is 11.5 Å². The summed E-state index contributed by atoms with van der Waals surface area (Å²) < 4.78 is 12.4. The van der Waals surface area contributed by atoms with Gasteiger partial charge in [-0.3, -0.25) is 4.79 Å². The first-order valence-electron chi connectivity index (χ1n) is 9.75. The Bertz CT molecular complexity index is 1020. The van der Waals surface area contributed by atoms with E-state index < -0.39 is 0 Å². The normalized spacial score (nSPS) is 13.4. The summed E-state index contributed by atoms with van der Waals surface area (Å²) in [5.74, 6) is 2.88. The highest BCUT2D eigenvalue weighted by molar-refractivity contribution is 5.76. The zero-order valence-corrected chi connectivity index (χ0v) is 16.5. The number of benzene rings is 1. The van der Waals surface area contributed by atoms with E-state index in [-0.39, 0.29) is 18.7 Å². The molecule has 152 valence electrons. The average Bonchev–Trinajstić information content (AvgIpc) is 3.36. The molecule has 0 bridgehead atoms. The van der Waals surface area contributed by atoms with E-state index in [1.807, 2.05) is 44.2 Å². The van der Waals surface area contributed by atoms with E-state index in [1.54, 1.807) is 4.52 Å². The van der Waals surface area contributed by atoms with E-state index >= 15 is 0 Å². The number of amides is 1. The highest BCUT2D eigenvalue weighted by atomic mass is 16.7. The number of anilines is 1. The highest BCUT2D eigenvalue weighted by Crippen LogP contribution is 2.32. The van der Waals surface area contributed by atoms with Crippen LogP contribution in [0.25, 0.3) is 5.65 Å². The van der Waals surface area contributed by atoms with Crippen LogP contribution < -0.4 is 20.1 Å². The van der Waals surface area contributed by atoms with Gasteiger partial charge in [0.25, 0.3) is 0 Å². The van der Waals surface area contributed by atoms with Crippen molar-refractivity contribution in [1.82, 2.24) is 25.1 Å². The number of ether oxygens (including phenoxy) is 2. The second-order valence-corrected chi connectivity index (χ2v) is 7.02. The largest absolute Gasteiger partial charge is 0.454 e. The molecule has 0 aliphatic carbocycles. The summed E-state index contributed by atoms with van der Waals surface area (Å²) in [5, 5.41) is 19.1. The summed E-state index contributed by atoms with van der Waals surface area (Å²) in [5.41, 5.74) is 1.71. The van der Waals surface area contributed by atoms with Crippen LogP contribution in [0.1, 0.15) is 38.1 Å². The molecule has 3 aromatic rings. The third-order valence-electron chi connectivity index (χ3n) is 4.83. The molecule has 1 aromatic carbocycles. The molecule has 1 atom stereocenters. The number of nitrogens with zero attached hydrogens (tertiary/aromatic N) is 4. The predicted molar refractivity (Wildman–Crippen MR) is 107 cm³/mol. The lowest BCUT2D eigenvalue weighted by Gasteiger charge is -2.10. The molecular weight excluding hydrogens is 372 g/mol. The van der Waals surface area contributed by atoms with Gasteiger partial charge in [0.2, 0.25) is 12.7 Å². The maximum Gasteiger partial charge on any atom is 0.231 e. The number of carbonyl (C=O) groups excluding carboxylic acids is 1. The van der Waals surface area contributed by atoms with Crippen LogP contribution in [0.4, 0.5) is 5.82 Å². The van der Waals surface area contributed by atoms with Gasteiger partial charge in [0.1, 0.15) is 5.82 Å². The molecule has 0 saturated heterocycles. The molecule has 0 unspecified atom stereocenters. The molecule has 9 heteroatoms. The lowest BCUT2D eigenvalue weighted by molar-refractivity contribution is -0.121. The molecule has 2 aromatic heterocycles. The molecule has 2 N–H and O–H groups in total. The van der Waals surface area contributed by atoms with Crippen molar-refractivity contribution in [3.05, 3.63) is 41.7 Å². The first-order valence-corrected chi connectivity index (χ1v) is 9.75. The topological polar surface area (TPSA) is 103 Å². The van der Waals surface area contributed by atoms with E-state index in [0.717, 1.165) is 23.5 Å². The van der Waals surface area contributed by atoms with Crippen molar-refractivity contribution >= 4 is 17.4 Å². The van der Waals surface area contributed by atoms with Crippen LogP contribution in [0.3, 0.4) is 0 Å². The smallest absolute Gasteiger partial charge is 0.231 e. The number of rotatable bonds is 8. The molecule has 9 nitrogen and oxygen atoms in total. The Hall–Kier alpha value is -3.36. The van der Waals surface area contributed by atoms with E-state index in [4.69, 9.17) is 9.47 Å². The zero-order valence-electron chi connectivity index (χ0n) is 16.5. The van der Waals surface area contributed by atoms with E-state index in [0.29, 0.717) is 36.7 Å². The monoisotopic (exact) mass is 396 g/mol. The van der Waals surface area contributed by atoms with Crippen LogP contribution in [0, 0.1) is 0 Å². The summed E-state index contributed by atoms with van der Waals surface area (Å²) >= 11 is 0. The van der Waals surface area contributed by atoms with Crippen molar-refractivity contribution in [1.29, 1.82) is 0 Å². The summed E-state index contributed by atoms with van der Waals surface area (Å²) in [6, 6.07) is 9.72. The van der Waals surface area contributed by atoms with E-state index in [2.05, 4.69) is 25.9 Å². The standard InChI is InChI=1S/C20H24N6O3/c1-3-13(2)22-20(27)9-8-19-24-23-18-7-6-17(25-26(18)19)21-11-14-4-5-15-16(10-14)29-12-28-15/h4-7,10,13H,3,8-9,11-12H2,1-2H3,(H,21,25)(H,22,27)/t13-/m1/s1. The molecular formula is C20H24N6O3. The number of nitrogens with one attached hydrogen (secondary N) is 2. The Kier molecular flexibility index (Phi) is 5.46. The fourth-order valence-electron chi connectivity index (χ4n) is 3.00. The van der Waals surface area contributed by atoms with Crippen molar-refractivity contribution in [3.8, 4) is 11.5 Å². The van der Waals surface area contributed by atoms with Gasteiger partial charge in [0.05, 0.1) is 0 Å². The second-order valence-electron chi connectivity index (χ2n) is 7.02. The van der Waals surface area contributed by atoms with Crippen molar-refractivity contribution in [2.45, 2.75) is 45.7 Å². The summed E-state index contributed by atoms with van der Waals surface area (Å²) in [6.07, 6.45) is 1.73. The quantitative estimate of drug-likeness (QED) is 0.602. The fraction of sp³-hybridized carbons (Fsp3) is 0.400. The lowest BCUT2D eigenvalue weighted by Crippen LogP contribution is -2.32. The first-order chi connectivity index (χ1) is 14.1. The molecule has 0 spiro atoms. The van der Waals surface area contributed by atoms with Gasteiger partial charge < -0.3 is 20.1 Å². The second kappa shape index (κ2) is 8.34. The third-order valence-corrected chi connectivity index (χ3v) is 4.83. The maximum atomic E-state index is 12.0. The minimum Gasteiger partial charge on any atom is -0.454 e. The number of fused-ring (bicyclic) bond motifs is 2. The van der Waals surface area contributed by atoms with Gasteiger partial charge in [-0.1, -0.05) is 13.0 Å². The maximum absolute atomic E-state index is 12.0. The minimum absolute atomic E-state index is 0.00758. The van der Waals surface area contributed by atoms with Gasteiger partial charge in [0.15, 0.2) is 23.0 Å².